The molecule has 0 saturated heterocycles. The number of rotatable bonds is 12. The van der Waals surface area contributed by atoms with Crippen LogP contribution in [-0.4, -0.2) is 25.2 Å². The lowest BCUT2D eigenvalue weighted by Gasteiger charge is -2.40. The predicted octanol–water partition coefficient (Wildman–Crippen LogP) is 4.18. The van der Waals surface area contributed by atoms with E-state index in [0.29, 0.717) is 32.1 Å². The van der Waals surface area contributed by atoms with E-state index < -0.39 is 27.5 Å². The second-order valence-corrected chi connectivity index (χ2v) is 8.41. The maximum absolute atomic E-state index is 13.1. The summed E-state index contributed by atoms with van der Waals surface area (Å²) in [5.74, 6) is -0.597. The molecule has 0 unspecified atom stereocenters. The second kappa shape index (κ2) is 10.00. The topological polar surface area (TPSA) is 66.4 Å². The van der Waals surface area contributed by atoms with Gasteiger partial charge in [-0.2, -0.15) is 0 Å². The van der Waals surface area contributed by atoms with Crippen molar-refractivity contribution in [2.75, 3.05) is 0 Å². The lowest BCUT2D eigenvalue weighted by molar-refractivity contribution is -0.0226. The first kappa shape index (κ1) is 22.5. The van der Waals surface area contributed by atoms with Crippen molar-refractivity contribution in [3.63, 3.8) is 0 Å². The van der Waals surface area contributed by atoms with Gasteiger partial charge in [0, 0.05) is 0 Å². The zero-order chi connectivity index (χ0) is 19.8. The van der Waals surface area contributed by atoms with Gasteiger partial charge in [0.15, 0.2) is 0 Å². The van der Waals surface area contributed by atoms with Gasteiger partial charge in [-0.15, -0.1) is 13.2 Å². The van der Waals surface area contributed by atoms with E-state index in [0.717, 1.165) is 12.1 Å². The van der Waals surface area contributed by atoms with Gasteiger partial charge in [-0.3, -0.25) is 0 Å². The van der Waals surface area contributed by atoms with Crippen LogP contribution < -0.4 is 4.72 Å². The molecule has 1 aromatic carbocycles. The summed E-state index contributed by atoms with van der Waals surface area (Å²) >= 11 is 0. The Bertz CT molecular complexity index is 674. The first-order valence-corrected chi connectivity index (χ1v) is 10.4. The zero-order valence-corrected chi connectivity index (χ0v) is 16.4. The fraction of sp³-hybridized carbons (Fsp3) is 0.500. The third-order valence-corrected chi connectivity index (χ3v) is 6.22. The molecule has 0 aliphatic heterocycles. The van der Waals surface area contributed by atoms with Crippen LogP contribution in [0.5, 0.6) is 0 Å². The molecule has 0 aliphatic rings. The molecule has 6 heteroatoms. The molecule has 0 spiro atoms. The highest BCUT2D eigenvalue weighted by molar-refractivity contribution is 7.89. The number of hydrogen-bond acceptors (Lipinski definition) is 3. The van der Waals surface area contributed by atoms with Crippen LogP contribution in [0.1, 0.15) is 46.0 Å². The molecule has 1 rings (SSSR count). The Morgan fingerprint density at radius 3 is 2.12 bits per heavy atom. The monoisotopic (exact) mass is 383 g/mol. The maximum atomic E-state index is 13.1. The molecule has 0 amide bonds. The van der Waals surface area contributed by atoms with E-state index in [1.807, 2.05) is 13.8 Å². The van der Waals surface area contributed by atoms with Gasteiger partial charge in [-0.05, 0) is 55.9 Å². The van der Waals surface area contributed by atoms with Crippen LogP contribution in [0.3, 0.4) is 0 Å². The average Bonchev–Trinajstić information content (AvgIpc) is 2.62. The zero-order valence-electron chi connectivity index (χ0n) is 15.6. The van der Waals surface area contributed by atoms with Crippen molar-refractivity contribution in [2.45, 2.75) is 62.5 Å². The van der Waals surface area contributed by atoms with Crippen molar-refractivity contribution in [2.24, 2.45) is 5.92 Å². The molecular formula is C20H30FNO3S. The highest BCUT2D eigenvalue weighted by Crippen LogP contribution is 2.31. The summed E-state index contributed by atoms with van der Waals surface area (Å²) in [6.07, 6.45) is 6.04. The van der Waals surface area contributed by atoms with Crippen molar-refractivity contribution >= 4 is 10.0 Å². The summed E-state index contributed by atoms with van der Waals surface area (Å²) in [5.41, 5.74) is -1.23. The molecule has 0 heterocycles. The van der Waals surface area contributed by atoms with Crippen LogP contribution in [0.15, 0.2) is 54.5 Å². The Labute approximate surface area is 156 Å². The van der Waals surface area contributed by atoms with Gasteiger partial charge in [0.05, 0.1) is 16.5 Å². The molecular weight excluding hydrogens is 353 g/mol. The Kier molecular flexibility index (Phi) is 8.67. The van der Waals surface area contributed by atoms with Crippen molar-refractivity contribution in [1.82, 2.24) is 4.72 Å². The minimum absolute atomic E-state index is 0.0259. The first-order chi connectivity index (χ1) is 12.2. The fourth-order valence-corrected chi connectivity index (χ4v) is 4.40. The molecule has 0 radical (unpaired) electrons. The van der Waals surface area contributed by atoms with Gasteiger partial charge in [0.25, 0.3) is 0 Å². The summed E-state index contributed by atoms with van der Waals surface area (Å²) in [5, 5.41) is 11.3. The highest BCUT2D eigenvalue weighted by atomic mass is 32.2. The number of hydrogen-bond donors (Lipinski definition) is 2. The van der Waals surface area contributed by atoms with E-state index in [4.69, 9.17) is 0 Å². The molecule has 0 aliphatic carbocycles. The number of halogens is 1. The largest absolute Gasteiger partial charge is 0.388 e. The average molecular weight is 384 g/mol. The fourth-order valence-electron chi connectivity index (χ4n) is 2.98. The molecule has 0 aromatic heterocycles. The van der Waals surface area contributed by atoms with E-state index in [1.165, 1.54) is 12.1 Å². The number of benzene rings is 1. The normalized spacial score (nSPS) is 14.6. The predicted molar refractivity (Wildman–Crippen MR) is 104 cm³/mol. The van der Waals surface area contributed by atoms with Crippen LogP contribution in [0, 0.1) is 11.7 Å². The summed E-state index contributed by atoms with van der Waals surface area (Å²) < 4.78 is 41.4. The smallest absolute Gasteiger partial charge is 0.240 e. The van der Waals surface area contributed by atoms with Crippen LogP contribution in [-0.2, 0) is 10.0 Å². The standard InChI is InChI=1S/C20H30FNO3S/c1-5-8-14-20(23,15-9-6-2)19(16(4)7-3)22-26(24,25)18-12-10-17(21)11-13-18/h5-6,10-13,16,19,22-23H,1-2,7-9,14-15H2,3-4H3/t16-,19-/m0/s1. The van der Waals surface area contributed by atoms with E-state index in [2.05, 4.69) is 17.9 Å². The molecule has 2 N–H and O–H groups in total. The molecule has 1 aromatic rings. The van der Waals surface area contributed by atoms with Gasteiger partial charge in [-0.25, -0.2) is 17.5 Å². The Morgan fingerprint density at radius 1 is 1.19 bits per heavy atom. The van der Waals surface area contributed by atoms with Gasteiger partial charge < -0.3 is 5.11 Å². The van der Waals surface area contributed by atoms with E-state index >= 15 is 0 Å². The minimum atomic E-state index is -3.89. The van der Waals surface area contributed by atoms with E-state index in [9.17, 15) is 17.9 Å². The van der Waals surface area contributed by atoms with E-state index in [1.54, 1.807) is 12.2 Å². The lowest BCUT2D eigenvalue weighted by Crippen LogP contribution is -2.55. The Morgan fingerprint density at radius 2 is 1.69 bits per heavy atom. The van der Waals surface area contributed by atoms with Crippen molar-refractivity contribution in [1.29, 1.82) is 0 Å². The quantitative estimate of drug-likeness (QED) is 0.532. The molecule has 4 nitrogen and oxygen atoms in total. The number of sulfonamides is 1. The van der Waals surface area contributed by atoms with Gasteiger partial charge in [0.2, 0.25) is 10.0 Å². The minimum Gasteiger partial charge on any atom is -0.388 e. The maximum Gasteiger partial charge on any atom is 0.240 e. The summed E-state index contributed by atoms with van der Waals surface area (Å²) in [4.78, 5) is -0.0259. The summed E-state index contributed by atoms with van der Waals surface area (Å²) in [6, 6.07) is 3.97. The first-order valence-electron chi connectivity index (χ1n) is 8.92. The Balaban J connectivity index is 3.22. The molecule has 0 fully saturated rings. The molecule has 26 heavy (non-hydrogen) atoms. The lowest BCUT2D eigenvalue weighted by atomic mass is 9.78. The molecule has 0 saturated carbocycles. The van der Waals surface area contributed by atoms with Gasteiger partial charge >= 0.3 is 0 Å². The van der Waals surface area contributed by atoms with Gasteiger partial charge in [-0.1, -0.05) is 32.4 Å². The molecule has 0 bridgehead atoms. The second-order valence-electron chi connectivity index (χ2n) is 6.70. The number of aliphatic hydroxyl groups is 1. The van der Waals surface area contributed by atoms with Crippen LogP contribution in [0.2, 0.25) is 0 Å². The highest BCUT2D eigenvalue weighted by Gasteiger charge is 2.40. The number of allylic oxidation sites excluding steroid dienone is 2. The molecule has 2 atom stereocenters. The number of nitrogens with one attached hydrogen (secondary N) is 1. The van der Waals surface area contributed by atoms with Crippen LogP contribution in [0.25, 0.3) is 0 Å². The van der Waals surface area contributed by atoms with Crippen molar-refractivity contribution in [3.05, 3.63) is 55.4 Å². The van der Waals surface area contributed by atoms with Gasteiger partial charge in [0.1, 0.15) is 5.82 Å². The Hall–Kier alpha value is -1.50. The van der Waals surface area contributed by atoms with Crippen molar-refractivity contribution in [3.8, 4) is 0 Å². The third kappa shape index (κ3) is 6.04. The van der Waals surface area contributed by atoms with E-state index in [-0.39, 0.29) is 10.8 Å². The van der Waals surface area contributed by atoms with Crippen molar-refractivity contribution < 1.29 is 17.9 Å². The summed E-state index contributed by atoms with van der Waals surface area (Å²) in [7, 11) is -3.89. The molecule has 146 valence electrons. The SMILES string of the molecule is C=CCCC(O)(CCC=C)[C@@H](NS(=O)(=O)c1ccc(F)cc1)[C@@H](C)CC. The van der Waals surface area contributed by atoms with Crippen LogP contribution in [0.4, 0.5) is 4.39 Å². The third-order valence-electron chi connectivity index (χ3n) is 4.76. The van der Waals surface area contributed by atoms with Crippen LogP contribution >= 0.6 is 0 Å². The summed E-state index contributed by atoms with van der Waals surface area (Å²) in [6.45, 7) is 11.2.